The number of rotatable bonds is 2. The summed E-state index contributed by atoms with van der Waals surface area (Å²) >= 11 is 0. The molecule has 4 heterocycles. The highest BCUT2D eigenvalue weighted by Gasteiger charge is 2.49. The largest absolute Gasteiger partial charge is 0.457 e. The first kappa shape index (κ1) is 28.1. The van der Waals surface area contributed by atoms with Gasteiger partial charge in [0.25, 0.3) is 0 Å². The Hall–Kier alpha value is -6.78. The van der Waals surface area contributed by atoms with Crippen LogP contribution in [0.4, 0.5) is 0 Å². The third kappa shape index (κ3) is 3.84. The van der Waals surface area contributed by atoms with Crippen LogP contribution in [0.15, 0.2) is 176 Å². The van der Waals surface area contributed by atoms with Gasteiger partial charge in [-0.3, -0.25) is 4.57 Å². The van der Waals surface area contributed by atoms with E-state index >= 15 is 0 Å². The first-order valence-corrected chi connectivity index (χ1v) is 17.3. The molecule has 9 aromatic rings. The molecule has 11 rings (SSSR count). The standard InChI is InChI=1S/C47H29N3O/c1-2-13-33-32(12-1)34-14-3-4-16-38(34)47(39-17-5-7-19-43(39)51-44-20-8-6-18-40(44)47)41-29-31(22-24-35(33)41)30-23-25-42-37(28-30)36-15-11-27-49-46(36)50(42)45-21-9-10-26-48-45/h1-29H. The van der Waals surface area contributed by atoms with E-state index in [0.29, 0.717) is 0 Å². The van der Waals surface area contributed by atoms with Gasteiger partial charge in [0, 0.05) is 34.3 Å². The number of aromatic nitrogens is 3. The third-order valence-electron chi connectivity index (χ3n) is 10.8. The van der Waals surface area contributed by atoms with Crippen molar-refractivity contribution in [2.75, 3.05) is 0 Å². The molecule has 6 aromatic carbocycles. The van der Waals surface area contributed by atoms with E-state index in [9.17, 15) is 0 Å². The minimum absolute atomic E-state index is 0.643. The minimum Gasteiger partial charge on any atom is -0.457 e. The summed E-state index contributed by atoms with van der Waals surface area (Å²) in [6.07, 6.45) is 3.69. The van der Waals surface area contributed by atoms with Gasteiger partial charge in [-0.1, -0.05) is 109 Å². The van der Waals surface area contributed by atoms with Gasteiger partial charge < -0.3 is 4.74 Å². The molecule has 51 heavy (non-hydrogen) atoms. The second-order valence-electron chi connectivity index (χ2n) is 13.3. The lowest BCUT2D eigenvalue weighted by atomic mass is 9.62. The Kier molecular flexibility index (Phi) is 5.84. The highest BCUT2D eigenvalue weighted by atomic mass is 16.5. The number of ether oxygens (including phenoxy) is 1. The van der Waals surface area contributed by atoms with Gasteiger partial charge in [-0.2, -0.15) is 0 Å². The summed E-state index contributed by atoms with van der Waals surface area (Å²) in [7, 11) is 0. The van der Waals surface area contributed by atoms with Crippen LogP contribution in [0.1, 0.15) is 22.3 Å². The molecule has 0 saturated heterocycles. The predicted molar refractivity (Wildman–Crippen MR) is 205 cm³/mol. The number of hydrogen-bond donors (Lipinski definition) is 0. The average molecular weight is 652 g/mol. The van der Waals surface area contributed by atoms with E-state index in [2.05, 4.69) is 144 Å². The Morgan fingerprint density at radius 1 is 0.431 bits per heavy atom. The molecule has 4 heteroatoms. The summed E-state index contributed by atoms with van der Waals surface area (Å²) in [5.74, 6) is 2.61. The number of pyridine rings is 2. The Morgan fingerprint density at radius 2 is 1.04 bits per heavy atom. The van der Waals surface area contributed by atoms with Crippen molar-refractivity contribution in [3.8, 4) is 50.7 Å². The van der Waals surface area contributed by atoms with Gasteiger partial charge in [-0.15, -0.1) is 0 Å². The average Bonchev–Trinajstić information content (AvgIpc) is 3.49. The van der Waals surface area contributed by atoms with Crippen LogP contribution < -0.4 is 4.74 Å². The summed E-state index contributed by atoms with van der Waals surface area (Å²) in [5, 5.41) is 2.24. The van der Waals surface area contributed by atoms with Crippen LogP contribution in [-0.2, 0) is 5.41 Å². The topological polar surface area (TPSA) is 39.9 Å². The van der Waals surface area contributed by atoms with Gasteiger partial charge in [0.05, 0.1) is 10.9 Å². The molecule has 1 aliphatic heterocycles. The quantitative estimate of drug-likeness (QED) is 0.187. The van der Waals surface area contributed by atoms with Crippen molar-refractivity contribution in [2.24, 2.45) is 0 Å². The van der Waals surface area contributed by atoms with Crippen LogP contribution in [0.2, 0.25) is 0 Å². The fourth-order valence-electron chi connectivity index (χ4n) is 8.73. The lowest BCUT2D eigenvalue weighted by Crippen LogP contribution is -2.34. The fourth-order valence-corrected chi connectivity index (χ4v) is 8.73. The van der Waals surface area contributed by atoms with E-state index in [1.807, 2.05) is 36.7 Å². The summed E-state index contributed by atoms with van der Waals surface area (Å²) in [6.45, 7) is 0. The van der Waals surface area contributed by atoms with E-state index in [1.54, 1.807) is 0 Å². The van der Waals surface area contributed by atoms with Gasteiger partial charge in [-0.05, 0) is 99.1 Å². The molecule has 0 fully saturated rings. The zero-order valence-corrected chi connectivity index (χ0v) is 27.5. The Morgan fingerprint density at radius 3 is 1.78 bits per heavy atom. The van der Waals surface area contributed by atoms with Crippen molar-refractivity contribution in [3.63, 3.8) is 0 Å². The molecule has 1 spiro atoms. The molecule has 0 atom stereocenters. The van der Waals surface area contributed by atoms with Gasteiger partial charge in [0.1, 0.15) is 23.0 Å². The highest BCUT2D eigenvalue weighted by molar-refractivity contribution is 6.09. The van der Waals surface area contributed by atoms with Gasteiger partial charge in [0.15, 0.2) is 0 Å². The van der Waals surface area contributed by atoms with Crippen LogP contribution in [-0.4, -0.2) is 14.5 Å². The SMILES string of the molecule is c1ccc(-n2c3ccc(-c4ccc5c(c4)C4(c6ccccc6Oc6ccccc64)c4ccccc4-c4ccccc4-5)cc3c3cccnc32)nc1. The molecule has 0 bridgehead atoms. The smallest absolute Gasteiger partial charge is 0.146 e. The number of nitrogens with zero attached hydrogens (tertiary/aromatic N) is 3. The van der Waals surface area contributed by atoms with Gasteiger partial charge >= 0.3 is 0 Å². The monoisotopic (exact) mass is 651 g/mol. The maximum absolute atomic E-state index is 6.68. The lowest BCUT2D eigenvalue weighted by molar-refractivity contribution is 0.435. The molecular formula is C47H29N3O. The van der Waals surface area contributed by atoms with Gasteiger partial charge in [-0.25, -0.2) is 9.97 Å². The zero-order chi connectivity index (χ0) is 33.5. The van der Waals surface area contributed by atoms with Crippen molar-refractivity contribution < 1.29 is 4.74 Å². The van der Waals surface area contributed by atoms with E-state index < -0.39 is 5.41 Å². The summed E-state index contributed by atoms with van der Waals surface area (Å²) in [6, 6.07) is 58.9. The first-order valence-electron chi connectivity index (χ1n) is 17.3. The first-order chi connectivity index (χ1) is 25.3. The van der Waals surface area contributed by atoms with E-state index in [4.69, 9.17) is 14.7 Å². The van der Waals surface area contributed by atoms with Crippen molar-refractivity contribution in [1.29, 1.82) is 0 Å². The zero-order valence-electron chi connectivity index (χ0n) is 27.5. The molecule has 0 unspecified atom stereocenters. The highest BCUT2D eigenvalue weighted by Crippen LogP contribution is 2.61. The second-order valence-corrected chi connectivity index (χ2v) is 13.3. The maximum atomic E-state index is 6.68. The van der Waals surface area contributed by atoms with E-state index in [0.717, 1.165) is 61.5 Å². The molecule has 238 valence electrons. The van der Waals surface area contributed by atoms with Crippen molar-refractivity contribution in [1.82, 2.24) is 14.5 Å². The van der Waals surface area contributed by atoms with E-state index in [-0.39, 0.29) is 0 Å². The second kappa shape index (κ2) is 10.6. The van der Waals surface area contributed by atoms with Crippen LogP contribution in [0.5, 0.6) is 11.5 Å². The van der Waals surface area contributed by atoms with Crippen molar-refractivity contribution in [2.45, 2.75) is 5.41 Å². The maximum Gasteiger partial charge on any atom is 0.146 e. The minimum atomic E-state index is -0.643. The molecule has 4 nitrogen and oxygen atoms in total. The molecule has 1 aliphatic carbocycles. The van der Waals surface area contributed by atoms with Crippen LogP contribution in [0.3, 0.4) is 0 Å². The fraction of sp³-hybridized carbons (Fsp3) is 0.0213. The summed E-state index contributed by atoms with van der Waals surface area (Å²) < 4.78 is 8.84. The third-order valence-corrected chi connectivity index (χ3v) is 10.8. The molecule has 0 N–H and O–H groups in total. The summed E-state index contributed by atoms with van der Waals surface area (Å²) in [5.41, 5.74) is 13.3. The number of fused-ring (bicyclic) bond motifs is 14. The van der Waals surface area contributed by atoms with Crippen LogP contribution >= 0.6 is 0 Å². The van der Waals surface area contributed by atoms with E-state index in [1.165, 1.54) is 33.4 Å². The van der Waals surface area contributed by atoms with Gasteiger partial charge in [0.2, 0.25) is 0 Å². The molecule has 0 saturated carbocycles. The Labute approximate surface area is 294 Å². The summed E-state index contributed by atoms with van der Waals surface area (Å²) in [4.78, 5) is 9.51. The molecule has 0 radical (unpaired) electrons. The van der Waals surface area contributed by atoms with Crippen LogP contribution in [0.25, 0.3) is 61.1 Å². The predicted octanol–water partition coefficient (Wildman–Crippen LogP) is 11.4. The number of hydrogen-bond acceptors (Lipinski definition) is 3. The lowest BCUT2D eigenvalue weighted by Gasteiger charge is -2.42. The van der Waals surface area contributed by atoms with Crippen molar-refractivity contribution in [3.05, 3.63) is 198 Å². The normalized spacial score (nSPS) is 13.4. The molecule has 2 aliphatic rings. The van der Waals surface area contributed by atoms with Crippen molar-refractivity contribution >= 4 is 21.9 Å². The van der Waals surface area contributed by atoms with Crippen LogP contribution in [0, 0.1) is 0 Å². The molecule has 0 amide bonds. The number of benzene rings is 6. The Balaban J connectivity index is 1.24. The molecule has 3 aromatic heterocycles. The number of para-hydroxylation sites is 2. The Bertz CT molecular complexity index is 2810. The molecular weight excluding hydrogens is 623 g/mol.